The van der Waals surface area contributed by atoms with Gasteiger partial charge in [0.05, 0.1) is 6.61 Å². The van der Waals surface area contributed by atoms with Crippen LogP contribution in [-0.2, 0) is 4.74 Å². The van der Waals surface area contributed by atoms with E-state index in [1.54, 1.807) is 7.11 Å². The summed E-state index contributed by atoms with van der Waals surface area (Å²) in [6.07, 6.45) is 0. The summed E-state index contributed by atoms with van der Waals surface area (Å²) < 4.78 is 10.6. The van der Waals surface area contributed by atoms with Crippen molar-refractivity contribution in [2.24, 2.45) is 5.92 Å². The van der Waals surface area contributed by atoms with Gasteiger partial charge < -0.3 is 24.9 Å². The molecule has 0 fully saturated rings. The normalized spacial score (nSPS) is 15.4. The van der Waals surface area contributed by atoms with Crippen LogP contribution in [0.5, 0.6) is 0 Å². The predicted octanol–water partition coefficient (Wildman–Crippen LogP) is 1.59. The molecule has 3 N–H and O–H groups in total. The highest BCUT2D eigenvalue weighted by Crippen LogP contribution is 2.16. The number of carbonyl (C=O) groups is 1. The van der Waals surface area contributed by atoms with Gasteiger partial charge in [-0.25, -0.2) is 4.79 Å². The lowest BCUT2D eigenvalue weighted by molar-refractivity contribution is 0.154. The molecule has 0 saturated heterocycles. The van der Waals surface area contributed by atoms with E-state index in [1.807, 2.05) is 32.9 Å². The minimum absolute atomic E-state index is 0.00696. The smallest absolute Gasteiger partial charge is 0.315 e. The van der Waals surface area contributed by atoms with Gasteiger partial charge in [0.2, 0.25) is 0 Å². The monoisotopic (exact) mass is 284 g/mol. The number of rotatable bonds is 7. The molecular weight excluding hydrogens is 260 g/mol. The maximum atomic E-state index is 11.9. The quantitative estimate of drug-likeness (QED) is 0.710. The summed E-state index contributed by atoms with van der Waals surface area (Å²) in [5.41, 5.74) is 0. The summed E-state index contributed by atoms with van der Waals surface area (Å²) in [5, 5.41) is 14.7. The van der Waals surface area contributed by atoms with Gasteiger partial charge in [0.25, 0.3) is 0 Å². The molecule has 20 heavy (non-hydrogen) atoms. The zero-order valence-electron chi connectivity index (χ0n) is 12.5. The molecule has 3 unspecified atom stereocenters. The number of furan rings is 1. The fourth-order valence-corrected chi connectivity index (χ4v) is 1.71. The van der Waals surface area contributed by atoms with Gasteiger partial charge >= 0.3 is 6.03 Å². The van der Waals surface area contributed by atoms with Crippen LogP contribution in [0.25, 0.3) is 0 Å². The lowest BCUT2D eigenvalue weighted by Gasteiger charge is -2.22. The topological polar surface area (TPSA) is 83.7 Å². The number of carbonyl (C=O) groups excluding carboxylic acids is 1. The number of aryl methyl sites for hydroxylation is 1. The largest absolute Gasteiger partial charge is 0.464 e. The van der Waals surface area contributed by atoms with E-state index in [4.69, 9.17) is 14.3 Å². The van der Waals surface area contributed by atoms with Crippen LogP contribution in [0.15, 0.2) is 16.5 Å². The summed E-state index contributed by atoms with van der Waals surface area (Å²) in [5.74, 6) is 1.43. The molecule has 1 heterocycles. The first-order valence-corrected chi connectivity index (χ1v) is 6.71. The Bertz CT molecular complexity index is 419. The van der Waals surface area contributed by atoms with Gasteiger partial charge in [0.15, 0.2) is 0 Å². The molecule has 0 aliphatic rings. The second-order valence-electron chi connectivity index (χ2n) is 5.02. The van der Waals surface area contributed by atoms with Crippen molar-refractivity contribution in [2.45, 2.75) is 32.9 Å². The van der Waals surface area contributed by atoms with Crippen molar-refractivity contribution in [2.75, 3.05) is 20.3 Å². The van der Waals surface area contributed by atoms with Crippen LogP contribution in [-0.4, -0.2) is 37.5 Å². The standard InChI is InChI=1S/C14H24N2O4/c1-9(7-17)11(3)15-14(18)16-12(8-19-4)13-6-5-10(2)20-13/h5-6,9,11-12,17H,7-8H2,1-4H3,(H2,15,16,18). The van der Waals surface area contributed by atoms with Crippen molar-refractivity contribution in [3.05, 3.63) is 23.7 Å². The van der Waals surface area contributed by atoms with E-state index in [1.165, 1.54) is 0 Å². The molecule has 2 amide bonds. The maximum Gasteiger partial charge on any atom is 0.315 e. The first-order valence-electron chi connectivity index (χ1n) is 6.71. The number of hydrogen-bond acceptors (Lipinski definition) is 4. The molecule has 6 heteroatoms. The van der Waals surface area contributed by atoms with Gasteiger partial charge in [-0.2, -0.15) is 0 Å². The van der Waals surface area contributed by atoms with Gasteiger partial charge in [-0.15, -0.1) is 0 Å². The van der Waals surface area contributed by atoms with Gasteiger partial charge in [-0.05, 0) is 31.9 Å². The third-order valence-electron chi connectivity index (χ3n) is 3.24. The molecule has 1 rings (SSSR count). The lowest BCUT2D eigenvalue weighted by Crippen LogP contribution is -2.46. The molecular formula is C14H24N2O4. The third kappa shape index (κ3) is 4.86. The van der Waals surface area contributed by atoms with Crippen LogP contribution in [0.4, 0.5) is 4.79 Å². The van der Waals surface area contributed by atoms with Crippen LogP contribution in [0.2, 0.25) is 0 Å². The van der Waals surface area contributed by atoms with Crippen molar-refractivity contribution in [1.82, 2.24) is 10.6 Å². The highest BCUT2D eigenvalue weighted by Gasteiger charge is 2.20. The van der Waals surface area contributed by atoms with Crippen molar-refractivity contribution >= 4 is 6.03 Å². The molecule has 0 saturated carbocycles. The van der Waals surface area contributed by atoms with Crippen molar-refractivity contribution < 1.29 is 19.1 Å². The molecule has 1 aromatic heterocycles. The maximum absolute atomic E-state index is 11.9. The Morgan fingerprint density at radius 1 is 1.40 bits per heavy atom. The summed E-state index contributed by atoms with van der Waals surface area (Å²) >= 11 is 0. The molecule has 3 atom stereocenters. The molecule has 1 aromatic rings. The second-order valence-corrected chi connectivity index (χ2v) is 5.02. The van der Waals surface area contributed by atoms with Crippen LogP contribution in [0.3, 0.4) is 0 Å². The summed E-state index contributed by atoms with van der Waals surface area (Å²) in [6.45, 7) is 5.92. The van der Waals surface area contributed by atoms with E-state index in [9.17, 15) is 4.79 Å². The molecule has 0 bridgehead atoms. The Balaban J connectivity index is 2.59. The molecule has 114 valence electrons. The Morgan fingerprint density at radius 2 is 2.10 bits per heavy atom. The fraction of sp³-hybridized carbons (Fsp3) is 0.643. The van der Waals surface area contributed by atoms with Crippen molar-refractivity contribution in [3.63, 3.8) is 0 Å². The van der Waals surface area contributed by atoms with Gasteiger partial charge in [0, 0.05) is 19.8 Å². The average Bonchev–Trinajstić information content (AvgIpc) is 2.83. The number of nitrogens with one attached hydrogen (secondary N) is 2. The van der Waals surface area contributed by atoms with Crippen LogP contribution in [0, 0.1) is 12.8 Å². The Hall–Kier alpha value is -1.53. The summed E-state index contributed by atoms with van der Waals surface area (Å²) in [7, 11) is 1.57. The van der Waals surface area contributed by atoms with Crippen LogP contribution in [0.1, 0.15) is 31.4 Å². The molecule has 0 radical (unpaired) electrons. The predicted molar refractivity (Wildman–Crippen MR) is 75.4 cm³/mol. The van der Waals surface area contributed by atoms with E-state index in [0.29, 0.717) is 12.4 Å². The molecule has 0 aromatic carbocycles. The van der Waals surface area contributed by atoms with Crippen molar-refractivity contribution in [1.29, 1.82) is 0 Å². The fourth-order valence-electron chi connectivity index (χ4n) is 1.71. The zero-order valence-corrected chi connectivity index (χ0v) is 12.5. The Kier molecular flexibility index (Phi) is 6.54. The number of aliphatic hydroxyl groups is 1. The zero-order chi connectivity index (χ0) is 15.1. The van der Waals surface area contributed by atoms with Gasteiger partial charge in [0.1, 0.15) is 17.6 Å². The van der Waals surface area contributed by atoms with Crippen molar-refractivity contribution in [3.8, 4) is 0 Å². The first-order chi connectivity index (χ1) is 9.47. The van der Waals surface area contributed by atoms with Crippen LogP contribution >= 0.6 is 0 Å². The first kappa shape index (κ1) is 16.5. The Morgan fingerprint density at radius 3 is 2.60 bits per heavy atom. The van der Waals surface area contributed by atoms with E-state index >= 15 is 0 Å². The van der Waals surface area contributed by atoms with Crippen LogP contribution < -0.4 is 10.6 Å². The average molecular weight is 284 g/mol. The number of ether oxygens (including phenoxy) is 1. The van der Waals surface area contributed by atoms with Gasteiger partial charge in [-0.3, -0.25) is 0 Å². The van der Waals surface area contributed by atoms with Gasteiger partial charge in [-0.1, -0.05) is 6.92 Å². The SMILES string of the molecule is COCC(NC(=O)NC(C)C(C)CO)c1ccc(C)o1. The highest BCUT2D eigenvalue weighted by molar-refractivity contribution is 5.74. The number of urea groups is 1. The summed E-state index contributed by atoms with van der Waals surface area (Å²) in [6, 6.07) is 2.88. The number of amides is 2. The van der Waals surface area contributed by atoms with E-state index in [0.717, 1.165) is 5.76 Å². The molecule has 0 aliphatic heterocycles. The minimum Gasteiger partial charge on any atom is -0.464 e. The molecule has 0 spiro atoms. The second kappa shape index (κ2) is 7.91. The van der Waals surface area contributed by atoms with E-state index < -0.39 is 0 Å². The minimum atomic E-state index is -0.342. The number of hydrogen-bond donors (Lipinski definition) is 3. The molecule has 0 aliphatic carbocycles. The third-order valence-corrected chi connectivity index (χ3v) is 3.24. The highest BCUT2D eigenvalue weighted by atomic mass is 16.5. The molecule has 6 nitrogen and oxygen atoms in total. The van der Waals surface area contributed by atoms with E-state index in [2.05, 4.69) is 10.6 Å². The summed E-state index contributed by atoms with van der Waals surface area (Å²) in [4.78, 5) is 11.9. The number of aliphatic hydroxyl groups excluding tert-OH is 1. The number of methoxy groups -OCH3 is 1. The van der Waals surface area contributed by atoms with E-state index in [-0.39, 0.29) is 30.6 Å². The lowest BCUT2D eigenvalue weighted by atomic mass is 10.1. The Labute approximate surface area is 119 Å².